The maximum Gasteiger partial charge on any atom is 0.0863 e. The van der Waals surface area contributed by atoms with E-state index in [2.05, 4.69) is 12.6 Å². The molecule has 0 atom stereocenters. The molecule has 0 aromatic rings. The molecular formula is C7H12N2. The van der Waals surface area contributed by atoms with Crippen LogP contribution in [0, 0.1) is 11.3 Å². The van der Waals surface area contributed by atoms with Crippen LogP contribution in [-0.4, -0.2) is 25.0 Å². The highest BCUT2D eigenvalue weighted by atomic mass is 15.1. The quantitative estimate of drug-likeness (QED) is 0.413. The molecule has 0 amide bonds. The van der Waals surface area contributed by atoms with Gasteiger partial charge in [-0.3, -0.25) is 4.90 Å². The van der Waals surface area contributed by atoms with Crippen LogP contribution in [0.2, 0.25) is 0 Å². The van der Waals surface area contributed by atoms with Crippen molar-refractivity contribution in [2.45, 2.75) is 6.42 Å². The van der Waals surface area contributed by atoms with E-state index < -0.39 is 0 Å². The van der Waals surface area contributed by atoms with Gasteiger partial charge in [-0.15, -0.1) is 6.58 Å². The Hall–Kier alpha value is -0.810. The molecule has 0 aliphatic rings. The second-order valence-electron chi connectivity index (χ2n) is 1.97. The molecule has 0 saturated heterocycles. The van der Waals surface area contributed by atoms with Crippen LogP contribution < -0.4 is 0 Å². The average Bonchev–Trinajstić information content (AvgIpc) is 1.85. The summed E-state index contributed by atoms with van der Waals surface area (Å²) in [6.07, 6.45) is 2.81. The van der Waals surface area contributed by atoms with Crippen LogP contribution in [0.5, 0.6) is 0 Å². The average molecular weight is 124 g/mol. The van der Waals surface area contributed by atoms with E-state index in [1.165, 1.54) is 0 Å². The molecule has 0 bridgehead atoms. The fraction of sp³-hybridized carbons (Fsp3) is 0.571. The molecular weight excluding hydrogens is 112 g/mol. The summed E-state index contributed by atoms with van der Waals surface area (Å²) in [6, 6.07) is 2.07. The van der Waals surface area contributed by atoms with Crippen molar-refractivity contribution in [2.75, 3.05) is 20.1 Å². The summed E-state index contributed by atoms with van der Waals surface area (Å²) >= 11 is 0. The highest BCUT2D eigenvalue weighted by Gasteiger charge is 1.91. The Kier molecular flexibility index (Phi) is 4.85. The zero-order valence-electron chi connectivity index (χ0n) is 5.80. The van der Waals surface area contributed by atoms with Crippen LogP contribution in [0.3, 0.4) is 0 Å². The monoisotopic (exact) mass is 124 g/mol. The van der Waals surface area contributed by atoms with Crippen molar-refractivity contribution in [3.05, 3.63) is 12.7 Å². The summed E-state index contributed by atoms with van der Waals surface area (Å²) in [5, 5.41) is 8.22. The maximum atomic E-state index is 8.22. The lowest BCUT2D eigenvalue weighted by molar-refractivity contribution is 0.382. The first-order valence-electron chi connectivity index (χ1n) is 2.97. The van der Waals surface area contributed by atoms with Gasteiger partial charge < -0.3 is 0 Å². The molecule has 0 radical (unpaired) electrons. The lowest BCUT2D eigenvalue weighted by Crippen LogP contribution is -2.18. The lowest BCUT2D eigenvalue weighted by atomic mass is 10.4. The normalized spacial score (nSPS) is 9.00. The SMILES string of the molecule is C=CCCN(C)CC#N. The van der Waals surface area contributed by atoms with Crippen LogP contribution in [0.25, 0.3) is 0 Å². The molecule has 9 heavy (non-hydrogen) atoms. The predicted octanol–water partition coefficient (Wildman–Crippen LogP) is 1.02. The summed E-state index contributed by atoms with van der Waals surface area (Å²) < 4.78 is 0. The summed E-state index contributed by atoms with van der Waals surface area (Å²) in [4.78, 5) is 1.96. The van der Waals surface area contributed by atoms with Crippen molar-refractivity contribution in [1.82, 2.24) is 4.90 Å². The largest absolute Gasteiger partial charge is 0.293 e. The number of nitriles is 1. The van der Waals surface area contributed by atoms with Crippen LogP contribution in [0.15, 0.2) is 12.7 Å². The summed E-state index contributed by atoms with van der Waals surface area (Å²) in [7, 11) is 1.92. The van der Waals surface area contributed by atoms with Gasteiger partial charge in [0, 0.05) is 6.54 Å². The van der Waals surface area contributed by atoms with Crippen molar-refractivity contribution in [3.63, 3.8) is 0 Å². The van der Waals surface area contributed by atoms with Crippen LogP contribution in [0.1, 0.15) is 6.42 Å². The molecule has 0 spiro atoms. The van der Waals surface area contributed by atoms with Crippen molar-refractivity contribution >= 4 is 0 Å². The molecule has 0 aliphatic heterocycles. The van der Waals surface area contributed by atoms with Crippen LogP contribution in [0.4, 0.5) is 0 Å². The van der Waals surface area contributed by atoms with Gasteiger partial charge in [0.05, 0.1) is 12.6 Å². The van der Waals surface area contributed by atoms with Gasteiger partial charge in [0.25, 0.3) is 0 Å². The number of rotatable bonds is 4. The van der Waals surface area contributed by atoms with E-state index in [-0.39, 0.29) is 0 Å². The topological polar surface area (TPSA) is 27.0 Å². The standard InChI is InChI=1S/C7H12N2/c1-3-4-6-9(2)7-5-8/h3H,1,4,6-7H2,2H3. The molecule has 0 unspecified atom stereocenters. The first-order valence-corrected chi connectivity index (χ1v) is 2.97. The van der Waals surface area contributed by atoms with Gasteiger partial charge in [0.1, 0.15) is 0 Å². The predicted molar refractivity (Wildman–Crippen MR) is 37.9 cm³/mol. The third-order valence-electron chi connectivity index (χ3n) is 1.06. The molecule has 0 aromatic heterocycles. The Bertz CT molecular complexity index is 113. The Morgan fingerprint density at radius 3 is 2.89 bits per heavy atom. The van der Waals surface area contributed by atoms with E-state index in [4.69, 9.17) is 5.26 Å². The molecule has 0 aromatic carbocycles. The summed E-state index contributed by atoms with van der Waals surface area (Å²) in [5.41, 5.74) is 0. The Balaban J connectivity index is 3.17. The highest BCUT2D eigenvalue weighted by Crippen LogP contribution is 1.85. The minimum absolute atomic E-state index is 0.508. The number of hydrogen-bond donors (Lipinski definition) is 0. The van der Waals surface area contributed by atoms with E-state index in [1.807, 2.05) is 18.0 Å². The van der Waals surface area contributed by atoms with Crippen molar-refractivity contribution in [1.29, 1.82) is 5.26 Å². The molecule has 0 fully saturated rings. The highest BCUT2D eigenvalue weighted by molar-refractivity contribution is 4.76. The molecule has 0 N–H and O–H groups in total. The second-order valence-corrected chi connectivity index (χ2v) is 1.97. The van der Waals surface area contributed by atoms with E-state index in [0.717, 1.165) is 13.0 Å². The molecule has 0 aliphatic carbocycles. The van der Waals surface area contributed by atoms with Crippen molar-refractivity contribution < 1.29 is 0 Å². The van der Waals surface area contributed by atoms with Crippen molar-refractivity contribution in [3.8, 4) is 6.07 Å². The third kappa shape index (κ3) is 5.05. The van der Waals surface area contributed by atoms with Gasteiger partial charge in [-0.1, -0.05) is 6.08 Å². The molecule has 2 heteroatoms. The van der Waals surface area contributed by atoms with Crippen LogP contribution in [-0.2, 0) is 0 Å². The van der Waals surface area contributed by atoms with Gasteiger partial charge >= 0.3 is 0 Å². The zero-order chi connectivity index (χ0) is 7.11. The molecule has 0 saturated carbocycles. The third-order valence-corrected chi connectivity index (χ3v) is 1.06. The van der Waals surface area contributed by atoms with Gasteiger partial charge in [-0.05, 0) is 13.5 Å². The molecule has 0 rings (SSSR count). The number of nitrogens with zero attached hydrogens (tertiary/aromatic N) is 2. The molecule has 50 valence electrons. The van der Waals surface area contributed by atoms with Gasteiger partial charge in [-0.2, -0.15) is 5.26 Å². The van der Waals surface area contributed by atoms with Gasteiger partial charge in [-0.25, -0.2) is 0 Å². The van der Waals surface area contributed by atoms with Gasteiger partial charge in [0.15, 0.2) is 0 Å². The second kappa shape index (κ2) is 5.33. The Labute approximate surface area is 56.4 Å². The minimum Gasteiger partial charge on any atom is -0.293 e. The minimum atomic E-state index is 0.508. The maximum absolute atomic E-state index is 8.22. The molecule has 0 heterocycles. The Morgan fingerprint density at radius 2 is 2.44 bits per heavy atom. The molecule has 2 nitrogen and oxygen atoms in total. The van der Waals surface area contributed by atoms with E-state index >= 15 is 0 Å². The summed E-state index contributed by atoms with van der Waals surface area (Å²) in [5.74, 6) is 0. The lowest BCUT2D eigenvalue weighted by Gasteiger charge is -2.08. The Morgan fingerprint density at radius 1 is 1.78 bits per heavy atom. The van der Waals surface area contributed by atoms with E-state index in [0.29, 0.717) is 6.54 Å². The first-order chi connectivity index (χ1) is 4.31. The fourth-order valence-corrected chi connectivity index (χ4v) is 0.511. The van der Waals surface area contributed by atoms with Crippen LogP contribution >= 0.6 is 0 Å². The first kappa shape index (κ1) is 8.19. The van der Waals surface area contributed by atoms with Gasteiger partial charge in [0.2, 0.25) is 0 Å². The smallest absolute Gasteiger partial charge is 0.0863 e. The zero-order valence-corrected chi connectivity index (χ0v) is 5.80. The van der Waals surface area contributed by atoms with E-state index in [9.17, 15) is 0 Å². The number of hydrogen-bond acceptors (Lipinski definition) is 2. The van der Waals surface area contributed by atoms with Crippen molar-refractivity contribution in [2.24, 2.45) is 0 Å². The van der Waals surface area contributed by atoms with E-state index in [1.54, 1.807) is 0 Å². The fourth-order valence-electron chi connectivity index (χ4n) is 0.511. The summed E-state index contributed by atoms with van der Waals surface area (Å²) in [6.45, 7) is 5.02.